The van der Waals surface area contributed by atoms with Crippen LogP contribution in [-0.4, -0.2) is 6.61 Å². The summed E-state index contributed by atoms with van der Waals surface area (Å²) in [6, 6.07) is 12.8. The van der Waals surface area contributed by atoms with Crippen LogP contribution in [-0.2, 0) is 24.4 Å². The number of benzene rings is 1. The van der Waals surface area contributed by atoms with Crippen molar-refractivity contribution in [2.75, 3.05) is 6.61 Å². The SMILES string of the molecule is CCOCc1ccc(CNCc2cccs2)cc1. The number of thiophene rings is 1. The Kier molecular flexibility index (Phi) is 5.39. The maximum Gasteiger partial charge on any atom is 0.0716 e. The molecule has 0 spiro atoms. The molecule has 0 aliphatic rings. The monoisotopic (exact) mass is 261 g/mol. The summed E-state index contributed by atoms with van der Waals surface area (Å²) in [6.07, 6.45) is 0. The molecule has 0 atom stereocenters. The lowest BCUT2D eigenvalue weighted by molar-refractivity contribution is 0.134. The minimum Gasteiger partial charge on any atom is -0.377 e. The van der Waals surface area contributed by atoms with Crippen LogP contribution in [0.2, 0.25) is 0 Å². The lowest BCUT2D eigenvalue weighted by Crippen LogP contribution is -2.11. The van der Waals surface area contributed by atoms with Gasteiger partial charge in [0.25, 0.3) is 0 Å². The Morgan fingerprint density at radius 3 is 2.50 bits per heavy atom. The summed E-state index contributed by atoms with van der Waals surface area (Å²) in [5, 5.41) is 5.56. The highest BCUT2D eigenvalue weighted by molar-refractivity contribution is 7.09. The molecule has 18 heavy (non-hydrogen) atoms. The summed E-state index contributed by atoms with van der Waals surface area (Å²) in [5.74, 6) is 0. The van der Waals surface area contributed by atoms with Crippen molar-refractivity contribution >= 4 is 11.3 Å². The van der Waals surface area contributed by atoms with Crippen LogP contribution >= 0.6 is 11.3 Å². The van der Waals surface area contributed by atoms with E-state index in [0.29, 0.717) is 6.61 Å². The lowest BCUT2D eigenvalue weighted by atomic mass is 10.1. The first kappa shape index (κ1) is 13.3. The van der Waals surface area contributed by atoms with Crippen molar-refractivity contribution in [2.24, 2.45) is 0 Å². The molecule has 1 N–H and O–H groups in total. The smallest absolute Gasteiger partial charge is 0.0716 e. The van der Waals surface area contributed by atoms with Crippen molar-refractivity contribution in [3.8, 4) is 0 Å². The molecule has 1 heterocycles. The van der Waals surface area contributed by atoms with Crippen LogP contribution in [0.25, 0.3) is 0 Å². The van der Waals surface area contributed by atoms with Crippen molar-refractivity contribution in [1.82, 2.24) is 5.32 Å². The standard InChI is InChI=1S/C15H19NOS/c1-2-17-12-14-7-5-13(6-8-14)10-16-11-15-4-3-9-18-15/h3-9,16H,2,10-12H2,1H3. The van der Waals surface area contributed by atoms with Gasteiger partial charge in [0.05, 0.1) is 6.61 Å². The van der Waals surface area contributed by atoms with Gasteiger partial charge in [0, 0.05) is 24.6 Å². The highest BCUT2D eigenvalue weighted by Crippen LogP contribution is 2.09. The normalized spacial score (nSPS) is 10.7. The number of ether oxygens (including phenoxy) is 1. The van der Waals surface area contributed by atoms with Gasteiger partial charge in [-0.05, 0) is 29.5 Å². The van der Waals surface area contributed by atoms with Crippen molar-refractivity contribution in [3.63, 3.8) is 0 Å². The zero-order chi connectivity index (χ0) is 12.6. The molecule has 3 heteroatoms. The Labute approximate surface area is 113 Å². The van der Waals surface area contributed by atoms with E-state index in [2.05, 4.69) is 47.1 Å². The molecular weight excluding hydrogens is 242 g/mol. The van der Waals surface area contributed by atoms with Gasteiger partial charge in [0.1, 0.15) is 0 Å². The largest absolute Gasteiger partial charge is 0.377 e. The van der Waals surface area contributed by atoms with Crippen LogP contribution in [0.5, 0.6) is 0 Å². The minimum atomic E-state index is 0.708. The van der Waals surface area contributed by atoms with E-state index < -0.39 is 0 Å². The van der Waals surface area contributed by atoms with Crippen LogP contribution in [0.4, 0.5) is 0 Å². The number of rotatable bonds is 7. The van der Waals surface area contributed by atoms with Gasteiger partial charge in [-0.15, -0.1) is 11.3 Å². The first-order valence-corrected chi connectivity index (χ1v) is 7.15. The van der Waals surface area contributed by atoms with Gasteiger partial charge in [-0.25, -0.2) is 0 Å². The van der Waals surface area contributed by atoms with Crippen LogP contribution in [0.1, 0.15) is 22.9 Å². The fraction of sp³-hybridized carbons (Fsp3) is 0.333. The maximum absolute atomic E-state index is 5.38. The highest BCUT2D eigenvalue weighted by atomic mass is 32.1. The Hall–Kier alpha value is -1.16. The molecule has 1 aromatic heterocycles. The molecule has 0 aliphatic carbocycles. The molecule has 0 fully saturated rings. The molecule has 0 aliphatic heterocycles. The van der Waals surface area contributed by atoms with Crippen LogP contribution in [0.3, 0.4) is 0 Å². The van der Waals surface area contributed by atoms with E-state index in [9.17, 15) is 0 Å². The molecule has 0 saturated heterocycles. The fourth-order valence-corrected chi connectivity index (χ4v) is 2.39. The fourth-order valence-electron chi connectivity index (χ4n) is 1.72. The molecular formula is C15H19NOS. The van der Waals surface area contributed by atoms with Gasteiger partial charge in [-0.1, -0.05) is 30.3 Å². The summed E-state index contributed by atoms with van der Waals surface area (Å²) in [4.78, 5) is 1.38. The van der Waals surface area contributed by atoms with Gasteiger partial charge in [-0.3, -0.25) is 0 Å². The van der Waals surface area contributed by atoms with E-state index >= 15 is 0 Å². The second-order valence-electron chi connectivity index (χ2n) is 4.14. The average Bonchev–Trinajstić information content (AvgIpc) is 2.91. The topological polar surface area (TPSA) is 21.3 Å². The Balaban J connectivity index is 1.75. The molecule has 1 aromatic carbocycles. The first-order chi connectivity index (χ1) is 8.88. The van der Waals surface area contributed by atoms with E-state index in [1.165, 1.54) is 16.0 Å². The second kappa shape index (κ2) is 7.31. The molecule has 2 aromatic rings. The second-order valence-corrected chi connectivity index (χ2v) is 5.17. The Morgan fingerprint density at radius 2 is 1.83 bits per heavy atom. The van der Waals surface area contributed by atoms with E-state index in [0.717, 1.165) is 19.7 Å². The third kappa shape index (κ3) is 4.26. The van der Waals surface area contributed by atoms with Crippen LogP contribution < -0.4 is 5.32 Å². The van der Waals surface area contributed by atoms with Gasteiger partial charge >= 0.3 is 0 Å². The van der Waals surface area contributed by atoms with Crippen molar-refractivity contribution in [2.45, 2.75) is 26.6 Å². The van der Waals surface area contributed by atoms with Crippen molar-refractivity contribution < 1.29 is 4.74 Å². The molecule has 0 bridgehead atoms. The van der Waals surface area contributed by atoms with E-state index in [1.54, 1.807) is 11.3 Å². The van der Waals surface area contributed by atoms with Gasteiger partial charge in [0.15, 0.2) is 0 Å². The van der Waals surface area contributed by atoms with Crippen molar-refractivity contribution in [3.05, 3.63) is 57.8 Å². The molecule has 0 unspecified atom stereocenters. The third-order valence-electron chi connectivity index (χ3n) is 2.70. The van der Waals surface area contributed by atoms with E-state index in [1.807, 2.05) is 6.92 Å². The Bertz CT molecular complexity index is 436. The summed E-state index contributed by atoms with van der Waals surface area (Å²) < 4.78 is 5.38. The summed E-state index contributed by atoms with van der Waals surface area (Å²) in [5.41, 5.74) is 2.55. The molecule has 0 saturated carbocycles. The van der Waals surface area contributed by atoms with E-state index in [4.69, 9.17) is 4.74 Å². The van der Waals surface area contributed by atoms with Crippen LogP contribution in [0.15, 0.2) is 41.8 Å². The first-order valence-electron chi connectivity index (χ1n) is 6.27. The number of nitrogens with one attached hydrogen (secondary N) is 1. The summed E-state index contributed by atoms with van der Waals surface area (Å²) in [7, 11) is 0. The third-order valence-corrected chi connectivity index (χ3v) is 3.58. The molecule has 0 radical (unpaired) electrons. The molecule has 2 rings (SSSR count). The minimum absolute atomic E-state index is 0.708. The Morgan fingerprint density at radius 1 is 1.06 bits per heavy atom. The van der Waals surface area contributed by atoms with E-state index in [-0.39, 0.29) is 0 Å². The zero-order valence-corrected chi connectivity index (χ0v) is 11.5. The highest BCUT2D eigenvalue weighted by Gasteiger charge is 1.96. The van der Waals surface area contributed by atoms with Gasteiger partial charge < -0.3 is 10.1 Å². The average molecular weight is 261 g/mol. The zero-order valence-electron chi connectivity index (χ0n) is 10.7. The lowest BCUT2D eigenvalue weighted by Gasteiger charge is -2.05. The predicted octanol–water partition coefficient (Wildman–Crippen LogP) is 3.57. The summed E-state index contributed by atoms with van der Waals surface area (Å²) >= 11 is 1.79. The van der Waals surface area contributed by atoms with Crippen LogP contribution in [0, 0.1) is 0 Å². The molecule has 0 amide bonds. The van der Waals surface area contributed by atoms with Gasteiger partial charge in [0.2, 0.25) is 0 Å². The number of hydrogen-bond donors (Lipinski definition) is 1. The quantitative estimate of drug-likeness (QED) is 0.822. The maximum atomic E-state index is 5.38. The molecule has 96 valence electrons. The predicted molar refractivity (Wildman–Crippen MR) is 76.6 cm³/mol. The molecule has 2 nitrogen and oxygen atoms in total. The van der Waals surface area contributed by atoms with Gasteiger partial charge in [-0.2, -0.15) is 0 Å². The van der Waals surface area contributed by atoms with Crippen molar-refractivity contribution in [1.29, 1.82) is 0 Å². The summed E-state index contributed by atoms with van der Waals surface area (Å²) in [6.45, 7) is 5.34. The number of hydrogen-bond acceptors (Lipinski definition) is 3.